The number of hydrogen-bond donors (Lipinski definition) is 1. The summed E-state index contributed by atoms with van der Waals surface area (Å²) in [5.74, 6) is 1.15. The predicted octanol–water partition coefficient (Wildman–Crippen LogP) is 2.48. The van der Waals surface area contributed by atoms with E-state index in [0.717, 1.165) is 18.8 Å². The second-order valence-electron chi connectivity index (χ2n) is 7.04. The SMILES string of the molecule is C[C@@H]1C[C@H](C)CN(C(=O)N[C@@H]2CC(=O)N(c3ccccc3)C2)C1. The van der Waals surface area contributed by atoms with Gasteiger partial charge in [0, 0.05) is 31.7 Å². The van der Waals surface area contributed by atoms with Gasteiger partial charge in [0.2, 0.25) is 5.91 Å². The van der Waals surface area contributed by atoms with Crippen molar-refractivity contribution in [1.82, 2.24) is 10.2 Å². The van der Waals surface area contributed by atoms with Crippen molar-refractivity contribution in [3.8, 4) is 0 Å². The smallest absolute Gasteiger partial charge is 0.317 e. The molecule has 1 N–H and O–H groups in total. The molecule has 5 heteroatoms. The van der Waals surface area contributed by atoms with Gasteiger partial charge in [-0.3, -0.25) is 4.79 Å². The predicted molar refractivity (Wildman–Crippen MR) is 90.2 cm³/mol. The van der Waals surface area contributed by atoms with Crippen LogP contribution in [0.4, 0.5) is 10.5 Å². The van der Waals surface area contributed by atoms with Gasteiger partial charge < -0.3 is 15.1 Å². The summed E-state index contributed by atoms with van der Waals surface area (Å²) in [5.41, 5.74) is 0.898. The molecule has 2 aliphatic heterocycles. The number of nitrogens with one attached hydrogen (secondary N) is 1. The van der Waals surface area contributed by atoms with Gasteiger partial charge in [-0.25, -0.2) is 4.79 Å². The van der Waals surface area contributed by atoms with Crippen molar-refractivity contribution >= 4 is 17.6 Å². The molecule has 1 aromatic carbocycles. The first-order valence-electron chi connectivity index (χ1n) is 8.43. The van der Waals surface area contributed by atoms with Gasteiger partial charge >= 0.3 is 6.03 Å². The summed E-state index contributed by atoms with van der Waals surface area (Å²) in [7, 11) is 0. The van der Waals surface area contributed by atoms with E-state index in [1.165, 1.54) is 6.42 Å². The summed E-state index contributed by atoms with van der Waals surface area (Å²) in [6, 6.07) is 9.49. The second-order valence-corrected chi connectivity index (χ2v) is 7.04. The van der Waals surface area contributed by atoms with Crippen LogP contribution in [0.1, 0.15) is 26.7 Å². The van der Waals surface area contributed by atoms with Crippen LogP contribution < -0.4 is 10.2 Å². The minimum Gasteiger partial charge on any atom is -0.333 e. The topological polar surface area (TPSA) is 52.7 Å². The number of hydrogen-bond acceptors (Lipinski definition) is 2. The van der Waals surface area contributed by atoms with E-state index in [-0.39, 0.29) is 18.0 Å². The maximum Gasteiger partial charge on any atom is 0.317 e. The number of carbonyl (C=O) groups is 2. The molecular formula is C18H25N3O2. The number of rotatable bonds is 2. The third-order valence-corrected chi connectivity index (χ3v) is 4.68. The van der Waals surface area contributed by atoms with Crippen LogP contribution in [0.3, 0.4) is 0 Å². The normalized spacial score (nSPS) is 28.1. The number of benzene rings is 1. The molecule has 0 unspecified atom stereocenters. The van der Waals surface area contributed by atoms with Crippen LogP contribution >= 0.6 is 0 Å². The van der Waals surface area contributed by atoms with Gasteiger partial charge in [0.05, 0.1) is 6.04 Å². The molecule has 2 fully saturated rings. The molecule has 3 rings (SSSR count). The molecule has 0 bridgehead atoms. The maximum absolute atomic E-state index is 12.5. The standard InChI is InChI=1S/C18H25N3O2/c1-13-8-14(2)11-20(10-13)18(23)19-15-9-17(22)21(12-15)16-6-4-3-5-7-16/h3-7,13-15H,8-12H2,1-2H3,(H,19,23)/t13-,14+,15-/m1/s1. The van der Waals surface area contributed by atoms with Crippen LogP contribution in [0.2, 0.25) is 0 Å². The fraction of sp³-hybridized carbons (Fsp3) is 0.556. The fourth-order valence-electron chi connectivity index (χ4n) is 3.76. The molecule has 2 heterocycles. The lowest BCUT2D eigenvalue weighted by molar-refractivity contribution is -0.117. The number of amides is 3. The largest absolute Gasteiger partial charge is 0.333 e. The molecule has 0 saturated carbocycles. The Morgan fingerprint density at radius 2 is 1.74 bits per heavy atom. The Kier molecular flexibility index (Phi) is 4.55. The molecular weight excluding hydrogens is 290 g/mol. The fourth-order valence-corrected chi connectivity index (χ4v) is 3.76. The summed E-state index contributed by atoms with van der Waals surface area (Å²) < 4.78 is 0. The van der Waals surface area contributed by atoms with Crippen molar-refractivity contribution in [3.05, 3.63) is 30.3 Å². The molecule has 3 atom stereocenters. The third-order valence-electron chi connectivity index (χ3n) is 4.68. The number of para-hydroxylation sites is 1. The lowest BCUT2D eigenvalue weighted by Gasteiger charge is -2.35. The first-order valence-corrected chi connectivity index (χ1v) is 8.43. The zero-order chi connectivity index (χ0) is 16.4. The number of piperidine rings is 1. The molecule has 124 valence electrons. The number of likely N-dealkylation sites (tertiary alicyclic amines) is 1. The highest BCUT2D eigenvalue weighted by atomic mass is 16.2. The Morgan fingerprint density at radius 1 is 1.09 bits per heavy atom. The number of anilines is 1. The van der Waals surface area contributed by atoms with E-state index in [1.807, 2.05) is 35.2 Å². The van der Waals surface area contributed by atoms with Crippen LogP contribution in [0.5, 0.6) is 0 Å². The molecule has 0 radical (unpaired) electrons. The Morgan fingerprint density at radius 3 is 2.39 bits per heavy atom. The molecule has 5 nitrogen and oxygen atoms in total. The van der Waals surface area contributed by atoms with Crippen LogP contribution in [-0.2, 0) is 4.79 Å². The van der Waals surface area contributed by atoms with Crippen LogP contribution in [0.25, 0.3) is 0 Å². The van der Waals surface area contributed by atoms with Gasteiger partial charge in [-0.05, 0) is 30.4 Å². The molecule has 3 amide bonds. The van der Waals surface area contributed by atoms with E-state index in [0.29, 0.717) is 24.8 Å². The summed E-state index contributed by atoms with van der Waals surface area (Å²) in [6.07, 6.45) is 1.55. The highest BCUT2D eigenvalue weighted by Crippen LogP contribution is 2.23. The van der Waals surface area contributed by atoms with Gasteiger partial charge in [-0.2, -0.15) is 0 Å². The first-order chi connectivity index (χ1) is 11.0. The average molecular weight is 315 g/mol. The van der Waals surface area contributed by atoms with Gasteiger partial charge in [0.15, 0.2) is 0 Å². The van der Waals surface area contributed by atoms with E-state index >= 15 is 0 Å². The number of urea groups is 1. The van der Waals surface area contributed by atoms with Gasteiger partial charge in [0.25, 0.3) is 0 Å². The quantitative estimate of drug-likeness (QED) is 0.911. The zero-order valence-corrected chi connectivity index (χ0v) is 13.9. The highest BCUT2D eigenvalue weighted by Gasteiger charge is 2.33. The van der Waals surface area contributed by atoms with Crippen molar-refractivity contribution in [3.63, 3.8) is 0 Å². The summed E-state index contributed by atoms with van der Waals surface area (Å²) in [4.78, 5) is 28.3. The molecule has 1 aromatic rings. The van der Waals surface area contributed by atoms with E-state index in [4.69, 9.17) is 0 Å². The molecule has 2 aliphatic rings. The van der Waals surface area contributed by atoms with Gasteiger partial charge in [-0.1, -0.05) is 32.0 Å². The molecule has 0 spiro atoms. The van der Waals surface area contributed by atoms with Crippen LogP contribution in [0, 0.1) is 11.8 Å². The van der Waals surface area contributed by atoms with E-state index in [1.54, 1.807) is 4.90 Å². The van der Waals surface area contributed by atoms with Crippen molar-refractivity contribution in [2.24, 2.45) is 11.8 Å². The Hall–Kier alpha value is -2.04. The first kappa shape index (κ1) is 15.8. The van der Waals surface area contributed by atoms with Crippen molar-refractivity contribution in [1.29, 1.82) is 0 Å². The molecule has 23 heavy (non-hydrogen) atoms. The van der Waals surface area contributed by atoms with Crippen LogP contribution in [0.15, 0.2) is 30.3 Å². The van der Waals surface area contributed by atoms with Gasteiger partial charge in [0.1, 0.15) is 0 Å². The van der Waals surface area contributed by atoms with E-state index in [9.17, 15) is 9.59 Å². The van der Waals surface area contributed by atoms with Crippen molar-refractivity contribution in [2.45, 2.75) is 32.7 Å². The Bertz CT molecular complexity index is 565. The highest BCUT2D eigenvalue weighted by molar-refractivity contribution is 5.96. The summed E-state index contributed by atoms with van der Waals surface area (Å²) >= 11 is 0. The van der Waals surface area contributed by atoms with Crippen molar-refractivity contribution < 1.29 is 9.59 Å². The lowest BCUT2D eigenvalue weighted by Crippen LogP contribution is -2.50. The maximum atomic E-state index is 12.5. The molecule has 0 aromatic heterocycles. The Balaban J connectivity index is 1.59. The zero-order valence-electron chi connectivity index (χ0n) is 13.9. The molecule has 0 aliphatic carbocycles. The number of carbonyl (C=O) groups excluding carboxylic acids is 2. The minimum absolute atomic E-state index is 0.0314. The molecule has 2 saturated heterocycles. The lowest BCUT2D eigenvalue weighted by atomic mass is 9.92. The van der Waals surface area contributed by atoms with E-state index < -0.39 is 0 Å². The van der Waals surface area contributed by atoms with Crippen molar-refractivity contribution in [2.75, 3.05) is 24.5 Å². The monoisotopic (exact) mass is 315 g/mol. The van der Waals surface area contributed by atoms with Gasteiger partial charge in [-0.15, -0.1) is 0 Å². The van der Waals surface area contributed by atoms with Crippen LogP contribution in [-0.4, -0.2) is 42.5 Å². The van der Waals surface area contributed by atoms with E-state index in [2.05, 4.69) is 19.2 Å². The third kappa shape index (κ3) is 3.66. The summed E-state index contributed by atoms with van der Waals surface area (Å²) in [6.45, 7) is 6.53. The minimum atomic E-state index is -0.109. The second kappa shape index (κ2) is 6.60. The Labute approximate surface area is 137 Å². The summed E-state index contributed by atoms with van der Waals surface area (Å²) in [5, 5.41) is 3.04. The number of nitrogens with zero attached hydrogens (tertiary/aromatic N) is 2. The average Bonchev–Trinajstić information content (AvgIpc) is 2.87.